The highest BCUT2D eigenvalue weighted by atomic mass is 19.1. The van der Waals surface area contributed by atoms with E-state index in [0.717, 1.165) is 16.9 Å². The van der Waals surface area contributed by atoms with Crippen molar-refractivity contribution in [1.29, 1.82) is 0 Å². The van der Waals surface area contributed by atoms with Gasteiger partial charge >= 0.3 is 0 Å². The van der Waals surface area contributed by atoms with Gasteiger partial charge in [0.05, 0.1) is 7.11 Å². The van der Waals surface area contributed by atoms with E-state index in [1.807, 2.05) is 49.4 Å². The number of halogens is 1. The van der Waals surface area contributed by atoms with Crippen LogP contribution in [0.4, 0.5) is 4.39 Å². The zero-order chi connectivity index (χ0) is 13.0. The third kappa shape index (κ3) is 2.77. The van der Waals surface area contributed by atoms with Gasteiger partial charge in [0.15, 0.2) is 0 Å². The third-order valence-electron chi connectivity index (χ3n) is 2.81. The van der Waals surface area contributed by atoms with Crippen molar-refractivity contribution in [3.8, 4) is 5.75 Å². The van der Waals surface area contributed by atoms with Crippen molar-refractivity contribution in [2.75, 3.05) is 7.11 Å². The molecule has 0 heterocycles. The van der Waals surface area contributed by atoms with Crippen LogP contribution in [0.5, 0.6) is 5.75 Å². The second-order valence-electron chi connectivity index (χ2n) is 4.08. The monoisotopic (exact) mass is 242 g/mol. The minimum absolute atomic E-state index is 0.224. The first-order chi connectivity index (χ1) is 8.70. The highest BCUT2D eigenvalue weighted by Gasteiger charge is 2.03. The van der Waals surface area contributed by atoms with Gasteiger partial charge in [-0.2, -0.15) is 0 Å². The molecule has 0 aromatic heterocycles. The first-order valence-corrected chi connectivity index (χ1v) is 5.78. The van der Waals surface area contributed by atoms with Crippen LogP contribution < -0.4 is 4.74 Å². The number of methoxy groups -OCH3 is 1. The summed E-state index contributed by atoms with van der Waals surface area (Å²) in [6, 6.07) is 14.7. The van der Waals surface area contributed by atoms with Crippen LogP contribution >= 0.6 is 0 Å². The average molecular weight is 242 g/mol. The van der Waals surface area contributed by atoms with Gasteiger partial charge in [-0.3, -0.25) is 0 Å². The molecule has 0 amide bonds. The molecule has 1 nitrogen and oxygen atoms in total. The Morgan fingerprint density at radius 1 is 1.06 bits per heavy atom. The standard InChI is InChI=1S/C16H15FO/c1-12-5-3-4-6-15(12)16(17)11-13-7-9-14(18-2)10-8-13/h3-11H,1-2H3/b16-11+. The maximum absolute atomic E-state index is 14.1. The summed E-state index contributed by atoms with van der Waals surface area (Å²) in [4.78, 5) is 0. The van der Waals surface area contributed by atoms with E-state index < -0.39 is 0 Å². The molecule has 0 saturated carbocycles. The summed E-state index contributed by atoms with van der Waals surface area (Å²) in [6.07, 6.45) is 1.53. The molecule has 0 atom stereocenters. The first-order valence-electron chi connectivity index (χ1n) is 5.78. The lowest BCUT2D eigenvalue weighted by molar-refractivity contribution is 0.415. The molecule has 0 aliphatic carbocycles. The van der Waals surface area contributed by atoms with Crippen LogP contribution in [0.3, 0.4) is 0 Å². The molecule has 0 bridgehead atoms. The summed E-state index contributed by atoms with van der Waals surface area (Å²) in [5.74, 6) is 0.543. The maximum atomic E-state index is 14.1. The number of benzene rings is 2. The van der Waals surface area contributed by atoms with Gasteiger partial charge in [0, 0.05) is 5.56 Å². The molecule has 0 N–H and O–H groups in total. The van der Waals surface area contributed by atoms with Crippen molar-refractivity contribution >= 4 is 11.9 Å². The molecular weight excluding hydrogens is 227 g/mol. The van der Waals surface area contributed by atoms with Gasteiger partial charge in [0.25, 0.3) is 0 Å². The van der Waals surface area contributed by atoms with E-state index >= 15 is 0 Å². The fourth-order valence-corrected chi connectivity index (χ4v) is 1.77. The minimum atomic E-state index is -0.224. The van der Waals surface area contributed by atoms with Crippen molar-refractivity contribution in [3.63, 3.8) is 0 Å². The summed E-state index contributed by atoms with van der Waals surface area (Å²) in [7, 11) is 1.61. The molecule has 0 fully saturated rings. The Hall–Kier alpha value is -2.09. The average Bonchev–Trinajstić information content (AvgIpc) is 2.40. The summed E-state index contributed by atoms with van der Waals surface area (Å²) in [5, 5.41) is 0. The van der Waals surface area contributed by atoms with Crippen LogP contribution in [0, 0.1) is 6.92 Å². The predicted octanol–water partition coefficient (Wildman–Crippen LogP) is 4.47. The van der Waals surface area contributed by atoms with Gasteiger partial charge in [-0.05, 0) is 36.3 Å². The lowest BCUT2D eigenvalue weighted by Gasteiger charge is -2.03. The third-order valence-corrected chi connectivity index (χ3v) is 2.81. The molecule has 92 valence electrons. The zero-order valence-corrected chi connectivity index (χ0v) is 10.5. The highest BCUT2D eigenvalue weighted by Crippen LogP contribution is 2.23. The largest absolute Gasteiger partial charge is 0.497 e. The Labute approximate surface area is 107 Å². The fraction of sp³-hybridized carbons (Fsp3) is 0.125. The summed E-state index contributed by atoms with van der Waals surface area (Å²) < 4.78 is 19.2. The van der Waals surface area contributed by atoms with E-state index in [1.54, 1.807) is 13.2 Å². The topological polar surface area (TPSA) is 9.23 Å². The molecule has 2 aromatic carbocycles. The van der Waals surface area contributed by atoms with Crippen LogP contribution in [0.2, 0.25) is 0 Å². The first kappa shape index (κ1) is 12.4. The molecule has 2 rings (SSSR count). The van der Waals surface area contributed by atoms with Crippen molar-refractivity contribution in [2.45, 2.75) is 6.92 Å². The molecule has 0 aliphatic rings. The second kappa shape index (κ2) is 5.50. The van der Waals surface area contributed by atoms with Crippen molar-refractivity contribution in [1.82, 2.24) is 0 Å². The molecule has 0 spiro atoms. The van der Waals surface area contributed by atoms with E-state index in [-0.39, 0.29) is 5.83 Å². The maximum Gasteiger partial charge on any atom is 0.131 e. The Morgan fingerprint density at radius 2 is 1.72 bits per heavy atom. The Bertz CT molecular complexity index is 556. The van der Waals surface area contributed by atoms with Crippen molar-refractivity contribution in [2.24, 2.45) is 0 Å². The molecule has 0 radical (unpaired) electrons. The van der Waals surface area contributed by atoms with E-state index in [0.29, 0.717) is 5.56 Å². The lowest BCUT2D eigenvalue weighted by atomic mass is 10.1. The zero-order valence-electron chi connectivity index (χ0n) is 10.5. The molecule has 0 saturated heterocycles. The minimum Gasteiger partial charge on any atom is -0.497 e. The number of aryl methyl sites for hydroxylation is 1. The number of ether oxygens (including phenoxy) is 1. The van der Waals surface area contributed by atoms with Crippen LogP contribution in [-0.2, 0) is 0 Å². The molecule has 18 heavy (non-hydrogen) atoms. The fourth-order valence-electron chi connectivity index (χ4n) is 1.77. The summed E-state index contributed by atoms with van der Waals surface area (Å²) >= 11 is 0. The van der Waals surface area contributed by atoms with Crippen LogP contribution in [0.25, 0.3) is 11.9 Å². The van der Waals surface area contributed by atoms with Crippen LogP contribution in [0.15, 0.2) is 48.5 Å². The quantitative estimate of drug-likeness (QED) is 0.721. The number of hydrogen-bond donors (Lipinski definition) is 0. The van der Waals surface area contributed by atoms with Crippen LogP contribution in [-0.4, -0.2) is 7.11 Å². The van der Waals surface area contributed by atoms with Gasteiger partial charge in [-0.1, -0.05) is 36.4 Å². The molecule has 2 aromatic rings. The molecular formula is C16H15FO. The Balaban J connectivity index is 2.29. The van der Waals surface area contributed by atoms with Gasteiger partial charge in [0.2, 0.25) is 0 Å². The SMILES string of the molecule is COc1ccc(/C=C(/F)c2ccccc2C)cc1. The molecule has 0 unspecified atom stereocenters. The van der Waals surface area contributed by atoms with Crippen LogP contribution in [0.1, 0.15) is 16.7 Å². The Morgan fingerprint density at radius 3 is 2.33 bits per heavy atom. The molecule has 2 heteroatoms. The highest BCUT2D eigenvalue weighted by molar-refractivity contribution is 5.78. The van der Waals surface area contributed by atoms with Gasteiger partial charge in [-0.25, -0.2) is 4.39 Å². The smallest absolute Gasteiger partial charge is 0.131 e. The van der Waals surface area contributed by atoms with Gasteiger partial charge in [0.1, 0.15) is 11.6 Å². The van der Waals surface area contributed by atoms with E-state index in [9.17, 15) is 4.39 Å². The van der Waals surface area contributed by atoms with E-state index in [2.05, 4.69) is 0 Å². The van der Waals surface area contributed by atoms with E-state index in [1.165, 1.54) is 6.08 Å². The number of rotatable bonds is 3. The summed E-state index contributed by atoms with van der Waals surface area (Å²) in [6.45, 7) is 1.90. The van der Waals surface area contributed by atoms with Gasteiger partial charge < -0.3 is 4.74 Å². The summed E-state index contributed by atoms with van der Waals surface area (Å²) in [5.41, 5.74) is 2.38. The van der Waals surface area contributed by atoms with Gasteiger partial charge in [-0.15, -0.1) is 0 Å². The normalized spacial score (nSPS) is 11.4. The molecule has 0 aliphatic heterocycles. The predicted molar refractivity (Wildman–Crippen MR) is 73.2 cm³/mol. The van der Waals surface area contributed by atoms with Crippen molar-refractivity contribution in [3.05, 3.63) is 65.2 Å². The Kier molecular flexibility index (Phi) is 3.78. The van der Waals surface area contributed by atoms with E-state index in [4.69, 9.17) is 4.74 Å². The lowest BCUT2D eigenvalue weighted by Crippen LogP contribution is -1.84. The number of hydrogen-bond acceptors (Lipinski definition) is 1. The van der Waals surface area contributed by atoms with Crippen molar-refractivity contribution < 1.29 is 9.13 Å². The second-order valence-corrected chi connectivity index (χ2v) is 4.08.